The van der Waals surface area contributed by atoms with Crippen LogP contribution in [0.5, 0.6) is 11.5 Å². The van der Waals surface area contributed by atoms with Crippen LogP contribution < -0.4 is 47.2 Å². The maximum Gasteiger partial charge on any atom is 0.407 e. The molecular weight excluding hydrogens is 1650 g/mol. The number of carbonyl (C=O) groups excluding carboxylic acids is 6. The zero-order chi connectivity index (χ0) is 93.8. The van der Waals surface area contributed by atoms with Gasteiger partial charge in [0.2, 0.25) is 11.8 Å². The molecule has 6 aromatic carbocycles. The monoisotopic (exact) mass is 1800 g/mol. The van der Waals surface area contributed by atoms with Crippen LogP contribution >= 0.6 is 13.5 Å². The largest absolute Gasteiger partial charge is 0.491 e. The van der Waals surface area contributed by atoms with E-state index in [4.69, 9.17) is 34.5 Å². The minimum Gasteiger partial charge on any atom is -0.491 e. The lowest BCUT2D eigenvalue weighted by molar-refractivity contribution is -0.155. The van der Waals surface area contributed by atoms with Gasteiger partial charge in [-0.1, -0.05) is 291 Å². The number of unbranched alkanes of at least 4 members (excludes halogenated alkanes) is 12. The van der Waals surface area contributed by atoms with Gasteiger partial charge >= 0.3 is 24.1 Å². The Morgan fingerprint density at radius 3 is 1.63 bits per heavy atom. The van der Waals surface area contributed by atoms with Gasteiger partial charge < -0.3 is 81.3 Å². The molecule has 129 heavy (non-hydrogen) atoms. The van der Waals surface area contributed by atoms with E-state index in [1.807, 2.05) is 169 Å². The summed E-state index contributed by atoms with van der Waals surface area (Å²) in [6.45, 7) is 20.7. The third kappa shape index (κ3) is 44.5. The van der Waals surface area contributed by atoms with Crippen molar-refractivity contribution in [2.45, 2.75) is 277 Å². The topological polar surface area (TPSA) is 364 Å². The molecule has 2 aliphatic heterocycles. The van der Waals surface area contributed by atoms with Crippen molar-refractivity contribution < 1.29 is 77.7 Å². The number of fused-ring (bicyclic) bond motifs is 2. The Morgan fingerprint density at radius 1 is 0.620 bits per heavy atom. The third-order valence-corrected chi connectivity index (χ3v) is 22.4. The fourth-order valence-corrected chi connectivity index (χ4v) is 15.0. The lowest BCUT2D eigenvalue weighted by Gasteiger charge is -2.36. The molecule has 7 aromatic rings. The number of rotatable bonds is 46. The summed E-state index contributed by atoms with van der Waals surface area (Å²) in [5.41, 5.74) is 14.1. The number of nitrogens with zero attached hydrogens (tertiary/aromatic N) is 3. The van der Waals surface area contributed by atoms with Gasteiger partial charge in [-0.25, -0.2) is 14.6 Å². The number of aliphatic hydroxyl groups excluding tert-OH is 3. The first-order chi connectivity index (χ1) is 61.2. The number of methoxy groups -OCH3 is 2. The first kappa shape index (κ1) is 111. The number of benzene rings is 6. The Balaban J connectivity index is 0.000000370. The Kier molecular flexibility index (Phi) is 53.2. The number of para-hydroxylation sites is 1. The maximum atomic E-state index is 13.8. The van der Waals surface area contributed by atoms with Crippen molar-refractivity contribution in [1.82, 2.24) is 46.9 Å². The van der Waals surface area contributed by atoms with E-state index in [-0.39, 0.29) is 76.7 Å². The van der Waals surface area contributed by atoms with Crippen molar-refractivity contribution in [2.75, 3.05) is 61.2 Å². The van der Waals surface area contributed by atoms with Gasteiger partial charge in [-0.05, 0) is 141 Å². The predicted molar refractivity (Wildman–Crippen MR) is 513 cm³/mol. The van der Waals surface area contributed by atoms with Crippen LogP contribution in [0.15, 0.2) is 188 Å². The Hall–Kier alpha value is -9.97. The molecule has 0 aliphatic carbocycles. The molecule has 0 saturated carbocycles. The molecule has 26 nitrogen and oxygen atoms in total. The first-order valence-corrected chi connectivity index (χ1v) is 45.7. The zero-order valence-electron chi connectivity index (χ0n) is 78.9. The van der Waals surface area contributed by atoms with Gasteiger partial charge in [-0.2, -0.15) is 0 Å². The zero-order valence-corrected chi connectivity index (χ0v) is 79.7. The lowest BCUT2D eigenvalue weighted by Crippen LogP contribution is -2.60. The van der Waals surface area contributed by atoms with Gasteiger partial charge in [0.25, 0.3) is 5.91 Å². The van der Waals surface area contributed by atoms with Crippen LogP contribution in [0, 0.1) is 17.8 Å². The minimum absolute atomic E-state index is 0. The van der Waals surface area contributed by atoms with Gasteiger partial charge in [0.05, 0.1) is 45.1 Å². The van der Waals surface area contributed by atoms with Crippen molar-refractivity contribution in [2.24, 2.45) is 16.6 Å². The summed E-state index contributed by atoms with van der Waals surface area (Å²) in [5, 5.41) is 55.6. The van der Waals surface area contributed by atoms with Crippen molar-refractivity contribution in [3.63, 3.8) is 0 Å². The summed E-state index contributed by atoms with van der Waals surface area (Å²) in [6.07, 6.45) is 21.5. The van der Waals surface area contributed by atoms with E-state index < -0.39 is 77.1 Å². The van der Waals surface area contributed by atoms with E-state index in [0.29, 0.717) is 36.8 Å². The van der Waals surface area contributed by atoms with Crippen molar-refractivity contribution in [3.8, 4) is 22.8 Å². The van der Waals surface area contributed by atoms with Crippen molar-refractivity contribution in [3.05, 3.63) is 222 Å². The Labute approximate surface area is 774 Å². The second kappa shape index (κ2) is 61.6. The van der Waals surface area contributed by atoms with Gasteiger partial charge in [0, 0.05) is 75.9 Å². The molecule has 4 unspecified atom stereocenters. The fourth-order valence-electron chi connectivity index (χ4n) is 15.0. The van der Waals surface area contributed by atoms with Gasteiger partial charge in [0.15, 0.2) is 0 Å². The number of piperidine rings is 1. The molecule has 710 valence electrons. The molecule has 1 aromatic heterocycles. The average Bonchev–Trinajstić information content (AvgIpc) is 1.68. The molecule has 5 amide bonds. The van der Waals surface area contributed by atoms with Crippen LogP contribution in [0.25, 0.3) is 11.3 Å². The molecule has 2 bridgehead atoms. The standard InChI is InChI=1S/C38H52N6O7.C17H23NO3.C17H21NO.C16H32O2.C14H22N2O3.S/c1-37(2,3)31(41-35(48)50-7)33(46)40-29(22-25-14-10-9-11-15-25)30(45)24-44(43-34(47)32(38(4,5)6)42-36(49)51-8)23-26-17-19-27(20-18-26)28-16-12-13-21-39-28;1-18-13-7-8-14(18)10-15(9-13)21-17(20)16(11-19)12-5-3-2-4-6-12;1-14-8-6-7-11-16(14)19-17(12-13-18-2)15-9-4-3-5-10-15;1-2-3-4-5-6-7-8-9-10-11-12-13-14-15-16(17)18;1-10(2)16-8-12(17)9-19-13-5-3-11(4-6-13)7-14(15)18;/h9-21,29-32,45H,22-24H2,1-8H3,(H,40,46)(H,41,48)(H,42,49)(H,43,47);2-6,13-16,19H,7-11H2,1H3;3-11,17-18H,12-13H2,1-2H3;2-15H2,1H3,(H,17,18);3-6,10,12,16-17H,7-9H2,1-2H3,(H2,15,18);/t29-,30-,31+,32+;;17-;;;/m0.1.../s1. The number of nitrogens with one attached hydrogen (secondary N) is 6. The second-order valence-electron chi connectivity index (χ2n) is 35.6. The number of aromatic nitrogens is 1. The highest BCUT2D eigenvalue weighted by Crippen LogP contribution is 2.37. The highest BCUT2D eigenvalue weighted by molar-refractivity contribution is 7.59. The SMILES string of the molecule is CC(C)NCC(O)COc1ccc(CC(N)=O)cc1.CCCCCCCCCCCCCCCC(=O)O.CN1C2CCC1CC(OC(=O)C(CO)c1ccccc1)C2.CNCC[C@@H](Oc1ccccc1C)c1ccccc1.COC(=O)N[C@H](C(=O)N[C@@H](Cc1ccccc1)[C@@H](O)CN(Cc1ccc(-c2ccccn2)cc1)NC(=O)[C@@H](NC(=O)OC)C(C)(C)C)C(C)(C)C.[S]. The number of hydrazine groups is 1. The summed E-state index contributed by atoms with van der Waals surface area (Å²) in [4.78, 5) is 92.2. The smallest absolute Gasteiger partial charge is 0.407 e. The summed E-state index contributed by atoms with van der Waals surface area (Å²) in [6, 6.07) is 56.3. The number of aryl methyl sites for hydroxylation is 1. The number of nitrogens with two attached hydrogens (primary N) is 1. The van der Waals surface area contributed by atoms with Gasteiger partial charge in [0.1, 0.15) is 54.4 Å². The summed E-state index contributed by atoms with van der Waals surface area (Å²) < 4.78 is 26.9. The van der Waals surface area contributed by atoms with E-state index in [2.05, 4.69) is 93.1 Å². The van der Waals surface area contributed by atoms with Crippen LogP contribution in [0.3, 0.4) is 0 Å². The number of amides is 5. The molecule has 2 fully saturated rings. The number of hydrogen-bond acceptors (Lipinski definition) is 20. The van der Waals surface area contributed by atoms with Crippen LogP contribution in [0.1, 0.15) is 230 Å². The van der Waals surface area contributed by atoms with Crippen LogP contribution in [0.2, 0.25) is 0 Å². The number of hydrogen-bond donors (Lipinski definition) is 11. The quantitative estimate of drug-likeness (QED) is 0.00730. The van der Waals surface area contributed by atoms with E-state index >= 15 is 0 Å². The number of ether oxygens (including phenoxy) is 5. The maximum absolute atomic E-state index is 13.8. The van der Waals surface area contributed by atoms with Crippen molar-refractivity contribution in [1.29, 1.82) is 0 Å². The van der Waals surface area contributed by atoms with Gasteiger partial charge in [-0.15, -0.1) is 0 Å². The number of carbonyl (C=O) groups is 7. The fraction of sp³-hybridized carbons (Fsp3) is 0.529. The molecule has 2 radical (unpaired) electrons. The van der Waals surface area contributed by atoms with E-state index in [1.54, 1.807) is 56.2 Å². The predicted octanol–water partition coefficient (Wildman–Crippen LogP) is 16.5. The molecule has 12 N–H and O–H groups in total. The van der Waals surface area contributed by atoms with E-state index in [1.165, 1.54) is 109 Å². The summed E-state index contributed by atoms with van der Waals surface area (Å²) in [7, 11) is 6.57. The summed E-state index contributed by atoms with van der Waals surface area (Å²) >= 11 is 0. The highest BCUT2D eigenvalue weighted by atomic mass is 32.1. The second-order valence-corrected chi connectivity index (χ2v) is 35.6. The molecule has 2 aliphatic rings. The Morgan fingerprint density at radius 2 is 1.13 bits per heavy atom. The number of aliphatic hydroxyl groups is 3. The number of carboxylic acid groups (broad SMARTS) is 1. The molecular formula is C102H150N10O16S. The normalized spacial score (nSPS) is 15.5. The highest BCUT2D eigenvalue weighted by Gasteiger charge is 2.42. The number of alkyl carbamates (subject to hydrolysis) is 2. The third-order valence-electron chi connectivity index (χ3n) is 22.4. The van der Waals surface area contributed by atoms with Crippen molar-refractivity contribution >= 4 is 55.3 Å². The first-order valence-electron chi connectivity index (χ1n) is 45.7. The molecule has 9 atom stereocenters. The van der Waals surface area contributed by atoms with Gasteiger partial charge in [-0.3, -0.25) is 34.4 Å². The molecule has 3 heterocycles. The van der Waals surface area contributed by atoms with Crippen LogP contribution in [0.4, 0.5) is 9.59 Å². The number of esters is 1. The molecule has 0 spiro atoms. The number of primary amides is 1. The number of carboxylic acids is 1. The number of pyridine rings is 1. The van der Waals surface area contributed by atoms with Crippen LogP contribution in [-0.2, 0) is 57.6 Å². The van der Waals surface area contributed by atoms with E-state index in [0.717, 1.165) is 77.9 Å². The minimum atomic E-state index is -1.22. The number of aliphatic carboxylic acids is 1. The summed E-state index contributed by atoms with van der Waals surface area (Å²) in [5.74, 6) is -1.28. The Bertz CT molecular complexity index is 4250. The molecule has 27 heteroatoms. The van der Waals surface area contributed by atoms with Crippen LogP contribution in [-0.4, -0.2) is 193 Å². The van der Waals surface area contributed by atoms with E-state index in [9.17, 15) is 48.9 Å². The average molecular weight is 1800 g/mol. The lowest BCUT2D eigenvalue weighted by atomic mass is 9.85. The molecule has 9 rings (SSSR count). The molecule has 2 saturated heterocycles.